The van der Waals surface area contributed by atoms with E-state index in [0.29, 0.717) is 33.7 Å². The molecule has 0 aliphatic heterocycles. The van der Waals surface area contributed by atoms with E-state index in [4.69, 9.17) is 9.26 Å². The number of carbonyl (C=O) groups is 1. The fourth-order valence-electron chi connectivity index (χ4n) is 2.42. The van der Waals surface area contributed by atoms with Gasteiger partial charge in [0.25, 0.3) is 11.8 Å². The van der Waals surface area contributed by atoms with Crippen molar-refractivity contribution in [1.29, 1.82) is 0 Å². The predicted octanol–water partition coefficient (Wildman–Crippen LogP) is 4.12. The lowest BCUT2D eigenvalue weighted by Crippen LogP contribution is -2.12. The van der Waals surface area contributed by atoms with Gasteiger partial charge in [-0.2, -0.15) is 4.98 Å². The highest BCUT2D eigenvalue weighted by Crippen LogP contribution is 2.34. The highest BCUT2D eigenvalue weighted by atomic mass is 32.1. The molecule has 4 aromatic rings. The normalized spacial score (nSPS) is 10.6. The van der Waals surface area contributed by atoms with Crippen LogP contribution in [0.4, 0.5) is 5.69 Å². The van der Waals surface area contributed by atoms with Crippen LogP contribution in [0, 0.1) is 0 Å². The molecule has 0 fully saturated rings. The molecule has 0 unspecified atom stereocenters. The zero-order valence-corrected chi connectivity index (χ0v) is 15.1. The molecule has 1 N–H and O–H groups in total. The van der Waals surface area contributed by atoms with Crippen LogP contribution in [0.1, 0.15) is 10.4 Å². The van der Waals surface area contributed by atoms with Gasteiger partial charge in [-0.3, -0.25) is 4.79 Å². The van der Waals surface area contributed by atoms with E-state index in [1.807, 2.05) is 35.7 Å². The summed E-state index contributed by atoms with van der Waals surface area (Å²) in [5, 5.41) is 8.73. The fraction of sp³-hybridized carbons (Fsp3) is 0.0526. The van der Waals surface area contributed by atoms with Crippen molar-refractivity contribution in [2.24, 2.45) is 0 Å². The smallest absolute Gasteiger partial charge is 0.270 e. The van der Waals surface area contributed by atoms with E-state index in [1.54, 1.807) is 18.2 Å². The molecule has 3 aromatic heterocycles. The third-order valence-electron chi connectivity index (χ3n) is 3.77. The summed E-state index contributed by atoms with van der Waals surface area (Å²) in [6, 6.07) is 14.6. The summed E-state index contributed by atoms with van der Waals surface area (Å²) in [7, 11) is 1.52. The largest absolute Gasteiger partial charge is 0.481 e. The van der Waals surface area contributed by atoms with E-state index in [2.05, 4.69) is 20.4 Å². The number of thiophene rings is 1. The summed E-state index contributed by atoms with van der Waals surface area (Å²) in [6.45, 7) is 0. The Kier molecular flexibility index (Phi) is 4.63. The number of aromatic nitrogens is 3. The van der Waals surface area contributed by atoms with Crippen molar-refractivity contribution in [3.8, 4) is 28.0 Å². The molecule has 27 heavy (non-hydrogen) atoms. The molecule has 0 aliphatic rings. The number of pyridine rings is 1. The Bertz CT molecular complexity index is 1060. The molecule has 3 heterocycles. The Hall–Kier alpha value is -3.52. The van der Waals surface area contributed by atoms with Crippen LogP contribution in [0.2, 0.25) is 0 Å². The summed E-state index contributed by atoms with van der Waals surface area (Å²) in [4.78, 5) is 21.6. The quantitative estimate of drug-likeness (QED) is 0.562. The predicted molar refractivity (Wildman–Crippen MR) is 102 cm³/mol. The van der Waals surface area contributed by atoms with Gasteiger partial charge in [-0.15, -0.1) is 11.3 Å². The molecule has 0 bridgehead atoms. The van der Waals surface area contributed by atoms with E-state index >= 15 is 0 Å². The van der Waals surface area contributed by atoms with Crippen molar-refractivity contribution in [1.82, 2.24) is 15.1 Å². The molecule has 1 amide bonds. The van der Waals surface area contributed by atoms with Gasteiger partial charge in [0.05, 0.1) is 18.4 Å². The molecule has 7 nitrogen and oxygen atoms in total. The van der Waals surface area contributed by atoms with Gasteiger partial charge in [-0.25, -0.2) is 4.98 Å². The lowest BCUT2D eigenvalue weighted by Gasteiger charge is -2.05. The summed E-state index contributed by atoms with van der Waals surface area (Å²) in [5.41, 5.74) is 1.88. The molecule has 0 aliphatic carbocycles. The van der Waals surface area contributed by atoms with Gasteiger partial charge < -0.3 is 14.6 Å². The molecule has 1 aromatic carbocycles. The lowest BCUT2D eigenvalue weighted by atomic mass is 10.2. The molecule has 134 valence electrons. The second-order valence-corrected chi connectivity index (χ2v) is 6.41. The SMILES string of the molecule is COc1ccc(C(=O)Nc2ccsc2-c2nc(-c3ccccc3)no2)cn1. The molecule has 8 heteroatoms. The third-order valence-corrected chi connectivity index (χ3v) is 4.68. The van der Waals surface area contributed by atoms with Crippen LogP contribution in [0.5, 0.6) is 5.88 Å². The number of anilines is 1. The van der Waals surface area contributed by atoms with Crippen LogP contribution in [-0.2, 0) is 0 Å². The number of hydrogen-bond acceptors (Lipinski definition) is 7. The summed E-state index contributed by atoms with van der Waals surface area (Å²) < 4.78 is 10.4. The number of rotatable bonds is 5. The minimum absolute atomic E-state index is 0.285. The summed E-state index contributed by atoms with van der Waals surface area (Å²) in [6.07, 6.45) is 1.46. The van der Waals surface area contributed by atoms with Crippen LogP contribution in [0.25, 0.3) is 22.2 Å². The number of amides is 1. The second kappa shape index (κ2) is 7.38. The summed E-state index contributed by atoms with van der Waals surface area (Å²) >= 11 is 1.41. The van der Waals surface area contributed by atoms with Crippen molar-refractivity contribution in [3.63, 3.8) is 0 Å². The average Bonchev–Trinajstić information content (AvgIpc) is 3.38. The first-order valence-corrected chi connectivity index (χ1v) is 8.91. The van der Waals surface area contributed by atoms with Crippen molar-refractivity contribution in [2.75, 3.05) is 12.4 Å². The van der Waals surface area contributed by atoms with Gasteiger partial charge in [-0.1, -0.05) is 35.5 Å². The van der Waals surface area contributed by atoms with Gasteiger partial charge in [0, 0.05) is 17.8 Å². The Morgan fingerprint density at radius 2 is 2.00 bits per heavy atom. The first-order chi connectivity index (χ1) is 13.2. The molecule has 0 radical (unpaired) electrons. The number of nitrogens with zero attached hydrogens (tertiary/aromatic N) is 3. The van der Waals surface area contributed by atoms with Gasteiger partial charge >= 0.3 is 0 Å². The number of ether oxygens (including phenoxy) is 1. The average molecular weight is 378 g/mol. The molecule has 0 atom stereocenters. The van der Waals surface area contributed by atoms with Crippen molar-refractivity contribution >= 4 is 22.9 Å². The van der Waals surface area contributed by atoms with E-state index in [9.17, 15) is 4.79 Å². The number of nitrogens with one attached hydrogen (secondary N) is 1. The Morgan fingerprint density at radius 3 is 2.74 bits per heavy atom. The number of methoxy groups -OCH3 is 1. The van der Waals surface area contributed by atoms with Crippen molar-refractivity contribution in [2.45, 2.75) is 0 Å². The highest BCUT2D eigenvalue weighted by molar-refractivity contribution is 7.14. The maximum Gasteiger partial charge on any atom is 0.270 e. The van der Waals surface area contributed by atoms with E-state index in [-0.39, 0.29) is 5.91 Å². The van der Waals surface area contributed by atoms with Crippen molar-refractivity contribution < 1.29 is 14.1 Å². The van der Waals surface area contributed by atoms with Crippen LogP contribution >= 0.6 is 11.3 Å². The minimum atomic E-state index is -0.285. The molecule has 0 saturated heterocycles. The number of carbonyl (C=O) groups excluding carboxylic acids is 1. The first kappa shape index (κ1) is 16.9. The Balaban J connectivity index is 1.56. The molecular formula is C19H14N4O3S. The fourth-order valence-corrected chi connectivity index (χ4v) is 3.19. The minimum Gasteiger partial charge on any atom is -0.481 e. The topological polar surface area (TPSA) is 90.1 Å². The van der Waals surface area contributed by atoms with E-state index < -0.39 is 0 Å². The highest BCUT2D eigenvalue weighted by Gasteiger charge is 2.18. The third kappa shape index (κ3) is 3.56. The molecule has 4 rings (SSSR count). The standard InChI is InChI=1S/C19H14N4O3S/c1-25-15-8-7-13(11-20-15)18(24)21-14-9-10-27-16(14)19-22-17(23-26-19)12-5-3-2-4-6-12/h2-11H,1H3,(H,21,24). The van der Waals surface area contributed by atoms with Crippen LogP contribution in [-0.4, -0.2) is 28.1 Å². The van der Waals surface area contributed by atoms with E-state index in [0.717, 1.165) is 5.56 Å². The Labute approximate surface area is 158 Å². The van der Waals surface area contributed by atoms with Crippen LogP contribution < -0.4 is 10.1 Å². The van der Waals surface area contributed by atoms with Gasteiger partial charge in [0.15, 0.2) is 0 Å². The molecule has 0 spiro atoms. The molecular weight excluding hydrogens is 364 g/mol. The number of benzene rings is 1. The van der Waals surface area contributed by atoms with Crippen LogP contribution in [0.3, 0.4) is 0 Å². The lowest BCUT2D eigenvalue weighted by molar-refractivity contribution is 0.102. The maximum atomic E-state index is 12.5. The number of hydrogen-bond donors (Lipinski definition) is 1. The first-order valence-electron chi connectivity index (χ1n) is 8.03. The van der Waals surface area contributed by atoms with Gasteiger partial charge in [-0.05, 0) is 17.5 Å². The van der Waals surface area contributed by atoms with Gasteiger partial charge in [0.1, 0.15) is 4.88 Å². The second-order valence-electron chi connectivity index (χ2n) is 5.50. The zero-order chi connectivity index (χ0) is 18.6. The Morgan fingerprint density at radius 1 is 1.15 bits per heavy atom. The van der Waals surface area contributed by atoms with Crippen molar-refractivity contribution in [3.05, 3.63) is 65.7 Å². The van der Waals surface area contributed by atoms with E-state index in [1.165, 1.54) is 24.6 Å². The summed E-state index contributed by atoms with van der Waals surface area (Å²) in [5.74, 6) is 1.01. The molecule has 0 saturated carbocycles. The van der Waals surface area contributed by atoms with Crippen LogP contribution in [0.15, 0.2) is 64.6 Å². The maximum absolute atomic E-state index is 12.5. The van der Waals surface area contributed by atoms with Gasteiger partial charge in [0.2, 0.25) is 11.7 Å². The monoisotopic (exact) mass is 378 g/mol. The zero-order valence-electron chi connectivity index (χ0n) is 14.2.